The summed E-state index contributed by atoms with van der Waals surface area (Å²) in [7, 11) is 0. The number of hydrogen-bond acceptors (Lipinski definition) is 6. The number of halogens is 2. The van der Waals surface area contributed by atoms with Crippen LogP contribution >= 0.6 is 0 Å². The fourth-order valence-electron chi connectivity index (χ4n) is 13.8. The van der Waals surface area contributed by atoms with E-state index in [1.165, 1.54) is 57.6 Å². The molecule has 290 valence electrons. The largest absolute Gasteiger partial charge is 0.378 e. The van der Waals surface area contributed by atoms with E-state index in [-0.39, 0.29) is 42.5 Å². The van der Waals surface area contributed by atoms with Gasteiger partial charge in [-0.3, -0.25) is 9.69 Å². The van der Waals surface area contributed by atoms with Crippen molar-refractivity contribution < 1.29 is 32.5 Å². The molecule has 3 heterocycles. The lowest BCUT2D eigenvalue weighted by molar-refractivity contribution is -0.253. The Hall–Kier alpha value is -1.65. The van der Waals surface area contributed by atoms with Gasteiger partial charge in [0.2, 0.25) is 5.91 Å². The summed E-state index contributed by atoms with van der Waals surface area (Å²) in [5.74, 6) is 1.41. The van der Waals surface area contributed by atoms with Gasteiger partial charge in [-0.25, -0.2) is 8.78 Å². The molecule has 3 saturated heterocycles. The van der Waals surface area contributed by atoms with Crippen molar-refractivity contribution >= 4 is 5.91 Å². The van der Waals surface area contributed by atoms with E-state index >= 15 is 0 Å². The van der Waals surface area contributed by atoms with Crippen molar-refractivity contribution in [2.24, 2.45) is 45.3 Å². The van der Waals surface area contributed by atoms with Crippen LogP contribution in [-0.2, 0) is 30.3 Å². The van der Waals surface area contributed by atoms with Crippen LogP contribution in [0.15, 0.2) is 18.2 Å². The summed E-state index contributed by atoms with van der Waals surface area (Å²) in [4.78, 5) is 16.9. The van der Waals surface area contributed by atoms with Crippen LogP contribution in [0.3, 0.4) is 0 Å². The van der Waals surface area contributed by atoms with Gasteiger partial charge in [0.25, 0.3) is 0 Å². The Labute approximate surface area is 310 Å². The zero-order valence-electron chi connectivity index (χ0n) is 32.6. The summed E-state index contributed by atoms with van der Waals surface area (Å²) in [5.41, 5.74) is 1.84. The Morgan fingerprint density at radius 3 is 2.40 bits per heavy atom. The lowest BCUT2D eigenvalue weighted by atomic mass is 9.46. The highest BCUT2D eigenvalue weighted by Crippen LogP contribution is 2.87. The summed E-state index contributed by atoms with van der Waals surface area (Å²) < 4.78 is 53.3. The molecule has 0 radical (unpaired) electrons. The number of morpholine rings is 1. The van der Waals surface area contributed by atoms with E-state index in [4.69, 9.17) is 18.9 Å². The van der Waals surface area contributed by atoms with Crippen molar-refractivity contribution in [3.8, 4) is 0 Å². The molecule has 8 aliphatic rings. The van der Waals surface area contributed by atoms with Crippen LogP contribution in [0, 0.1) is 57.0 Å². The molecule has 0 N–H and O–H groups in total. The van der Waals surface area contributed by atoms with Crippen LogP contribution in [0.1, 0.15) is 111 Å². The Morgan fingerprint density at radius 2 is 1.69 bits per heavy atom. The van der Waals surface area contributed by atoms with E-state index < -0.39 is 11.6 Å². The van der Waals surface area contributed by atoms with Crippen molar-refractivity contribution in [3.63, 3.8) is 0 Å². The zero-order valence-corrected chi connectivity index (χ0v) is 32.6. The minimum Gasteiger partial charge on any atom is -0.378 e. The summed E-state index contributed by atoms with van der Waals surface area (Å²) in [6.07, 6.45) is 12.6. The first-order valence-corrected chi connectivity index (χ1v) is 20.9. The van der Waals surface area contributed by atoms with Gasteiger partial charge in [-0.05, 0) is 127 Å². The van der Waals surface area contributed by atoms with Gasteiger partial charge in [0.15, 0.2) is 6.29 Å². The molecular formula is C43H64F2N2O5. The minimum absolute atomic E-state index is 0.0439. The van der Waals surface area contributed by atoms with Gasteiger partial charge in [-0.2, -0.15) is 0 Å². The highest BCUT2D eigenvalue weighted by atomic mass is 19.1. The van der Waals surface area contributed by atoms with E-state index in [0.717, 1.165) is 70.6 Å². The number of hydrogen-bond donors (Lipinski definition) is 0. The normalized spacial score (nSPS) is 43.3. The molecule has 1 aromatic rings. The molecule has 3 aliphatic heterocycles. The predicted molar refractivity (Wildman–Crippen MR) is 195 cm³/mol. The number of amides is 1. The number of benzene rings is 1. The van der Waals surface area contributed by atoms with Gasteiger partial charge >= 0.3 is 0 Å². The quantitative estimate of drug-likeness (QED) is 0.284. The molecule has 8 fully saturated rings. The summed E-state index contributed by atoms with van der Waals surface area (Å²) in [6.45, 7) is 18.1. The molecule has 5 saturated carbocycles. The van der Waals surface area contributed by atoms with Crippen LogP contribution in [-0.4, -0.2) is 85.8 Å². The molecule has 7 nitrogen and oxygen atoms in total. The first-order chi connectivity index (χ1) is 24.9. The predicted octanol–water partition coefficient (Wildman–Crippen LogP) is 7.99. The lowest BCUT2D eigenvalue weighted by Crippen LogP contribution is -2.58. The fraction of sp³-hybridized carbons (Fsp3) is 0.837. The monoisotopic (exact) mass is 726 g/mol. The molecule has 11 atom stereocenters. The van der Waals surface area contributed by atoms with Crippen molar-refractivity contribution in [2.45, 2.75) is 143 Å². The molecule has 9 heteroatoms. The van der Waals surface area contributed by atoms with Crippen molar-refractivity contribution in [2.75, 3.05) is 39.5 Å². The second-order valence-corrected chi connectivity index (χ2v) is 18.7. The third-order valence-electron chi connectivity index (χ3n) is 16.3. The molecule has 1 amide bonds. The van der Waals surface area contributed by atoms with Gasteiger partial charge in [0.05, 0.1) is 50.7 Å². The second kappa shape index (κ2) is 13.8. The van der Waals surface area contributed by atoms with Crippen LogP contribution in [0.2, 0.25) is 0 Å². The van der Waals surface area contributed by atoms with Crippen molar-refractivity contribution in [1.82, 2.24) is 9.80 Å². The summed E-state index contributed by atoms with van der Waals surface area (Å²) in [5, 5.41) is 0. The molecule has 52 heavy (non-hydrogen) atoms. The number of carbonyl (C=O) groups excluding carboxylic acids is 1. The molecule has 5 aliphatic carbocycles. The third-order valence-corrected chi connectivity index (χ3v) is 16.3. The Bertz CT molecular complexity index is 1470. The average Bonchev–Trinajstić information content (AvgIpc) is 3.65. The zero-order chi connectivity index (χ0) is 36.6. The highest BCUT2D eigenvalue weighted by molar-refractivity contribution is 5.73. The summed E-state index contributed by atoms with van der Waals surface area (Å²) in [6, 6.07) is 4.04. The highest BCUT2D eigenvalue weighted by Gasteiger charge is 2.80. The topological polar surface area (TPSA) is 60.5 Å². The summed E-state index contributed by atoms with van der Waals surface area (Å²) >= 11 is 0. The lowest BCUT2D eigenvalue weighted by Gasteiger charge is -2.60. The number of fused-ring (bicyclic) bond motifs is 4. The Balaban J connectivity index is 0.00000190. The SMILES string of the molecule is CC.CC(=O)N(Cc1cc(F)cc(F)c1)CC1CCC2C(CC3C4CCC5C(C)(C)[C@@H](OC6CN(C7COC7)CCO6)CCC56C[C@@]46CCC23C)O1. The minimum atomic E-state index is -0.614. The molecule has 2 spiro atoms. The molecule has 0 bridgehead atoms. The van der Waals surface area contributed by atoms with Gasteiger partial charge < -0.3 is 23.8 Å². The second-order valence-electron chi connectivity index (χ2n) is 18.7. The van der Waals surface area contributed by atoms with Gasteiger partial charge in [0.1, 0.15) is 11.6 Å². The van der Waals surface area contributed by atoms with E-state index in [1.807, 2.05) is 13.8 Å². The molecule has 1 aromatic carbocycles. The van der Waals surface area contributed by atoms with Crippen LogP contribution < -0.4 is 0 Å². The molecule has 9 rings (SSSR count). The average molecular weight is 727 g/mol. The Kier molecular flexibility index (Phi) is 9.91. The van der Waals surface area contributed by atoms with E-state index in [1.54, 1.807) is 4.90 Å². The van der Waals surface area contributed by atoms with E-state index in [9.17, 15) is 13.6 Å². The molecular weight excluding hydrogens is 662 g/mol. The molecule has 0 aromatic heterocycles. The first-order valence-electron chi connectivity index (χ1n) is 20.9. The van der Waals surface area contributed by atoms with Gasteiger partial charge in [-0.1, -0.05) is 34.6 Å². The Morgan fingerprint density at radius 1 is 0.942 bits per heavy atom. The van der Waals surface area contributed by atoms with Gasteiger partial charge in [0, 0.05) is 32.6 Å². The standard InChI is InChI=1S/C41H58F2N2O5.C2H6/c1-25(46)45(19-26-15-27(42)17-28(43)16-26)20-30-5-6-32-34(49-30)18-33-31-7-8-35-38(2,3)36(50-37-21-44(13-14-48-37)29-22-47-23-29)9-10-41(35)24-40(31,41)12-11-39(32,33)4;1-2/h15-17,29-37H,5-14,18-24H2,1-4H3;1-2H3/t30?,31?,32?,33?,34?,35?,36-,37?,39?,40-,41?;/m0./s1. The molecule has 9 unspecified atom stereocenters. The number of nitrogens with zero attached hydrogens (tertiary/aromatic N) is 2. The van der Waals surface area contributed by atoms with Gasteiger partial charge in [-0.15, -0.1) is 0 Å². The number of rotatable bonds is 7. The van der Waals surface area contributed by atoms with E-state index in [0.29, 0.717) is 52.1 Å². The van der Waals surface area contributed by atoms with Crippen LogP contribution in [0.5, 0.6) is 0 Å². The maximum Gasteiger partial charge on any atom is 0.219 e. The maximum absolute atomic E-state index is 13.9. The van der Waals surface area contributed by atoms with Crippen LogP contribution in [0.25, 0.3) is 0 Å². The van der Waals surface area contributed by atoms with Crippen LogP contribution in [0.4, 0.5) is 8.78 Å². The number of ether oxygens (including phenoxy) is 4. The smallest absolute Gasteiger partial charge is 0.219 e. The van der Waals surface area contributed by atoms with Crippen molar-refractivity contribution in [1.29, 1.82) is 0 Å². The third kappa shape index (κ3) is 6.01. The van der Waals surface area contributed by atoms with Crippen molar-refractivity contribution in [3.05, 3.63) is 35.4 Å². The van der Waals surface area contributed by atoms with E-state index in [2.05, 4.69) is 25.7 Å². The maximum atomic E-state index is 13.9. The fourth-order valence-corrected chi connectivity index (χ4v) is 13.8. The first kappa shape index (κ1) is 37.3. The number of carbonyl (C=O) groups is 1.